The Hall–Kier alpha value is -3.94. The van der Waals surface area contributed by atoms with Crippen LogP contribution < -0.4 is 0 Å². The van der Waals surface area contributed by atoms with Gasteiger partial charge in [0.2, 0.25) is 0 Å². The van der Waals surface area contributed by atoms with Gasteiger partial charge in [0.15, 0.2) is 12.2 Å². The van der Waals surface area contributed by atoms with Crippen molar-refractivity contribution in [2.45, 2.75) is 79.1 Å². The van der Waals surface area contributed by atoms with Gasteiger partial charge in [0, 0.05) is 20.3 Å². The monoisotopic (exact) mass is 538 g/mol. The molecule has 0 spiro atoms. The van der Waals surface area contributed by atoms with Crippen molar-refractivity contribution in [3.8, 4) is 0 Å². The molecule has 2 rings (SSSR count). The van der Waals surface area contributed by atoms with Crippen molar-refractivity contribution in [1.29, 1.82) is 0 Å². The summed E-state index contributed by atoms with van der Waals surface area (Å²) in [4.78, 5) is 48.0. The van der Waals surface area contributed by atoms with Crippen molar-refractivity contribution in [3.63, 3.8) is 0 Å². The summed E-state index contributed by atoms with van der Waals surface area (Å²) in [5, 5.41) is 0. The zero-order valence-electron chi connectivity index (χ0n) is 23.5. The second kappa shape index (κ2) is 15.5. The van der Waals surface area contributed by atoms with Gasteiger partial charge in [0.25, 0.3) is 0 Å². The first-order chi connectivity index (χ1) is 18.5. The summed E-state index contributed by atoms with van der Waals surface area (Å²) in [5.74, 6) is -1.92. The lowest BCUT2D eigenvalue weighted by Crippen LogP contribution is -2.26. The van der Waals surface area contributed by atoms with Crippen LogP contribution in [0.15, 0.2) is 76.9 Å². The van der Waals surface area contributed by atoms with E-state index >= 15 is 0 Å². The third-order valence-corrected chi connectivity index (χ3v) is 5.90. The van der Waals surface area contributed by atoms with E-state index < -0.39 is 36.2 Å². The van der Waals surface area contributed by atoms with E-state index in [1.165, 1.54) is 13.8 Å². The standard InChI is InChI=1S/C31H38O8/c1-20(2)19-28-29(38-24(6)33)26(31(35)39-28)15-16-27(37-23(5)32)22(4)12-10-11-21(3)17-18-36-30(34)25-13-8-7-9-14-25/h7-9,12-15,17,19,27-29H,10-11,16,18H2,1-6H3. The molecule has 8 heteroatoms. The van der Waals surface area contributed by atoms with E-state index in [1.54, 1.807) is 36.4 Å². The molecule has 0 aromatic heterocycles. The van der Waals surface area contributed by atoms with Crippen LogP contribution in [0.2, 0.25) is 0 Å². The van der Waals surface area contributed by atoms with E-state index in [9.17, 15) is 19.2 Å². The van der Waals surface area contributed by atoms with Crippen molar-refractivity contribution in [1.82, 2.24) is 0 Å². The Morgan fingerprint density at radius 2 is 1.67 bits per heavy atom. The first-order valence-electron chi connectivity index (χ1n) is 12.9. The minimum atomic E-state index is -0.865. The van der Waals surface area contributed by atoms with Crippen molar-refractivity contribution in [3.05, 3.63) is 82.5 Å². The third-order valence-electron chi connectivity index (χ3n) is 5.90. The average molecular weight is 539 g/mol. The highest BCUT2D eigenvalue weighted by atomic mass is 16.6. The van der Waals surface area contributed by atoms with E-state index in [4.69, 9.17) is 18.9 Å². The molecule has 1 fully saturated rings. The third kappa shape index (κ3) is 10.8. The van der Waals surface area contributed by atoms with Crippen LogP contribution in [-0.4, -0.2) is 48.8 Å². The second-order valence-corrected chi connectivity index (χ2v) is 9.64. The lowest BCUT2D eigenvalue weighted by molar-refractivity contribution is -0.148. The Morgan fingerprint density at radius 3 is 2.28 bits per heavy atom. The quantitative estimate of drug-likeness (QED) is 0.147. The molecule has 3 atom stereocenters. The summed E-state index contributed by atoms with van der Waals surface area (Å²) in [6, 6.07) is 8.81. The van der Waals surface area contributed by atoms with E-state index in [-0.39, 0.29) is 24.6 Å². The summed E-state index contributed by atoms with van der Waals surface area (Å²) in [6.45, 7) is 10.3. The number of carbonyl (C=O) groups is 4. The summed E-state index contributed by atoms with van der Waals surface area (Å²) >= 11 is 0. The fraction of sp³-hybridized carbons (Fsp3) is 0.419. The smallest absolute Gasteiger partial charge is 0.338 e. The van der Waals surface area contributed by atoms with Gasteiger partial charge in [-0.3, -0.25) is 9.59 Å². The van der Waals surface area contributed by atoms with Crippen LogP contribution in [0, 0.1) is 0 Å². The molecule has 1 saturated heterocycles. The lowest BCUT2D eigenvalue weighted by Gasteiger charge is -2.18. The van der Waals surface area contributed by atoms with Crippen LogP contribution in [-0.2, 0) is 33.3 Å². The minimum absolute atomic E-state index is 0.180. The van der Waals surface area contributed by atoms with E-state index in [0.29, 0.717) is 12.0 Å². The number of cyclic esters (lactones) is 1. The van der Waals surface area contributed by atoms with Crippen LogP contribution in [0.3, 0.4) is 0 Å². The number of hydrogen-bond acceptors (Lipinski definition) is 8. The number of rotatable bonds is 12. The first kappa shape index (κ1) is 31.3. The van der Waals surface area contributed by atoms with E-state index in [1.807, 2.05) is 45.9 Å². The molecule has 0 amide bonds. The Morgan fingerprint density at radius 1 is 0.974 bits per heavy atom. The summed E-state index contributed by atoms with van der Waals surface area (Å²) in [6.07, 6.45) is 6.64. The maximum absolute atomic E-state index is 12.5. The molecule has 1 aliphatic heterocycles. The summed E-state index contributed by atoms with van der Waals surface area (Å²) < 4.78 is 21.6. The molecule has 1 heterocycles. The molecule has 3 unspecified atom stereocenters. The van der Waals surface area contributed by atoms with Crippen LogP contribution in [0.5, 0.6) is 0 Å². The van der Waals surface area contributed by atoms with Crippen molar-refractivity contribution >= 4 is 23.9 Å². The highest BCUT2D eigenvalue weighted by Crippen LogP contribution is 2.28. The number of allylic oxidation sites excluding steroid dienone is 3. The number of esters is 4. The average Bonchev–Trinajstić information content (AvgIpc) is 3.14. The maximum Gasteiger partial charge on any atom is 0.338 e. The summed E-state index contributed by atoms with van der Waals surface area (Å²) in [7, 11) is 0. The van der Waals surface area contributed by atoms with Gasteiger partial charge in [0.05, 0.1) is 11.1 Å². The molecule has 0 radical (unpaired) electrons. The molecule has 39 heavy (non-hydrogen) atoms. The van der Waals surface area contributed by atoms with Crippen molar-refractivity contribution in [2.75, 3.05) is 6.61 Å². The fourth-order valence-electron chi connectivity index (χ4n) is 3.94. The minimum Gasteiger partial charge on any atom is -0.458 e. The predicted molar refractivity (Wildman–Crippen MR) is 147 cm³/mol. The van der Waals surface area contributed by atoms with Crippen molar-refractivity contribution in [2.24, 2.45) is 0 Å². The molecule has 0 bridgehead atoms. The largest absolute Gasteiger partial charge is 0.458 e. The Labute approximate surface area is 230 Å². The van der Waals surface area contributed by atoms with Gasteiger partial charge < -0.3 is 18.9 Å². The van der Waals surface area contributed by atoms with Crippen LogP contribution >= 0.6 is 0 Å². The molecule has 0 aliphatic carbocycles. The van der Waals surface area contributed by atoms with Crippen LogP contribution in [0.4, 0.5) is 0 Å². The van der Waals surface area contributed by atoms with Gasteiger partial charge in [-0.2, -0.15) is 0 Å². The Kier molecular flexibility index (Phi) is 12.4. The van der Waals surface area contributed by atoms with Gasteiger partial charge in [0.1, 0.15) is 12.7 Å². The molecule has 1 aliphatic rings. The number of ether oxygens (including phenoxy) is 4. The van der Waals surface area contributed by atoms with Gasteiger partial charge in [-0.05, 0) is 70.4 Å². The van der Waals surface area contributed by atoms with Gasteiger partial charge in [-0.15, -0.1) is 0 Å². The zero-order valence-corrected chi connectivity index (χ0v) is 23.5. The molecule has 1 aromatic carbocycles. The number of hydrogen-bond donors (Lipinski definition) is 0. The maximum atomic E-state index is 12.5. The van der Waals surface area contributed by atoms with Crippen LogP contribution in [0.25, 0.3) is 0 Å². The predicted octanol–water partition coefficient (Wildman–Crippen LogP) is 5.59. The fourth-order valence-corrected chi connectivity index (χ4v) is 3.94. The lowest BCUT2D eigenvalue weighted by atomic mass is 10.0. The molecular weight excluding hydrogens is 500 g/mol. The van der Waals surface area contributed by atoms with Gasteiger partial charge in [-0.25, -0.2) is 9.59 Å². The van der Waals surface area contributed by atoms with Crippen molar-refractivity contribution < 1.29 is 38.1 Å². The molecule has 0 saturated carbocycles. The molecule has 210 valence electrons. The van der Waals surface area contributed by atoms with E-state index in [0.717, 1.165) is 23.1 Å². The second-order valence-electron chi connectivity index (χ2n) is 9.64. The number of benzene rings is 1. The normalized spacial score (nSPS) is 19.2. The highest BCUT2D eigenvalue weighted by Gasteiger charge is 2.41. The molecule has 1 aromatic rings. The zero-order chi connectivity index (χ0) is 28.9. The molecular formula is C31H38O8. The SMILES string of the molecule is CC(=O)OC(CC=C1C(=O)OC(C=C(C)C)C1OC(C)=O)C(C)=CCCC(C)=CCOC(=O)c1ccccc1. The number of carbonyl (C=O) groups excluding carboxylic acids is 4. The summed E-state index contributed by atoms with van der Waals surface area (Å²) in [5.41, 5.74) is 3.52. The van der Waals surface area contributed by atoms with E-state index in [2.05, 4.69) is 0 Å². The first-order valence-corrected chi connectivity index (χ1v) is 12.9. The van der Waals surface area contributed by atoms with Gasteiger partial charge >= 0.3 is 23.9 Å². The molecule has 8 nitrogen and oxygen atoms in total. The Bertz CT molecular complexity index is 1150. The highest BCUT2D eigenvalue weighted by molar-refractivity contribution is 5.93. The topological polar surface area (TPSA) is 105 Å². The Balaban J connectivity index is 2.02. The van der Waals surface area contributed by atoms with Gasteiger partial charge in [-0.1, -0.05) is 41.5 Å². The molecule has 0 N–H and O–H groups in total. The van der Waals surface area contributed by atoms with Crippen LogP contribution in [0.1, 0.15) is 71.2 Å².